The van der Waals surface area contributed by atoms with Crippen LogP contribution in [0.1, 0.15) is 30.3 Å². The number of piperidine rings is 1. The Balaban J connectivity index is 1.86. The van der Waals surface area contributed by atoms with E-state index in [4.69, 9.17) is 0 Å². The molecule has 0 unspecified atom stereocenters. The largest absolute Gasteiger partial charge is 0.332 e. The zero-order chi connectivity index (χ0) is 14.7. The Morgan fingerprint density at radius 2 is 2.10 bits per heavy atom. The minimum absolute atomic E-state index is 0.164. The molecule has 0 atom stereocenters. The minimum Gasteiger partial charge on any atom is -0.332 e. The Morgan fingerprint density at radius 3 is 2.86 bits per heavy atom. The molecule has 0 spiro atoms. The van der Waals surface area contributed by atoms with Gasteiger partial charge < -0.3 is 9.88 Å². The highest BCUT2D eigenvalue weighted by Crippen LogP contribution is 2.24. The summed E-state index contributed by atoms with van der Waals surface area (Å²) in [6.07, 6.45) is 6.40. The number of rotatable bonds is 4. The molecular weight excluding hydrogens is 268 g/mol. The number of nitro benzene ring substituents is 1. The van der Waals surface area contributed by atoms with Crippen LogP contribution in [0.5, 0.6) is 0 Å². The topological polar surface area (TPSA) is 73.0 Å². The van der Waals surface area contributed by atoms with Crippen molar-refractivity contribution in [2.45, 2.75) is 25.3 Å². The van der Waals surface area contributed by atoms with Gasteiger partial charge in [-0.25, -0.2) is 4.98 Å². The van der Waals surface area contributed by atoms with E-state index in [1.54, 1.807) is 24.4 Å². The second-order valence-electron chi connectivity index (χ2n) is 5.29. The van der Waals surface area contributed by atoms with Gasteiger partial charge in [-0.05, 0) is 25.9 Å². The first-order valence-electron chi connectivity index (χ1n) is 7.20. The molecule has 1 aromatic heterocycles. The van der Waals surface area contributed by atoms with Crippen LogP contribution in [-0.4, -0.2) is 27.6 Å². The van der Waals surface area contributed by atoms with Gasteiger partial charge in [0, 0.05) is 36.5 Å². The van der Waals surface area contributed by atoms with Crippen molar-refractivity contribution < 1.29 is 4.92 Å². The number of aromatic nitrogens is 2. The highest BCUT2D eigenvalue weighted by Gasteiger charge is 2.20. The van der Waals surface area contributed by atoms with Gasteiger partial charge in [0.05, 0.1) is 4.92 Å². The lowest BCUT2D eigenvalue weighted by molar-refractivity contribution is -0.385. The second kappa shape index (κ2) is 6.05. The first-order chi connectivity index (χ1) is 10.3. The normalized spacial score (nSPS) is 16.0. The van der Waals surface area contributed by atoms with Crippen molar-refractivity contribution in [3.8, 4) is 0 Å². The van der Waals surface area contributed by atoms with Gasteiger partial charge in [0.1, 0.15) is 5.82 Å². The van der Waals surface area contributed by atoms with Crippen molar-refractivity contribution in [2.75, 3.05) is 13.1 Å². The monoisotopic (exact) mass is 286 g/mol. The van der Waals surface area contributed by atoms with Crippen molar-refractivity contribution in [1.29, 1.82) is 0 Å². The molecule has 2 heterocycles. The Hall–Kier alpha value is -2.21. The number of nitrogens with one attached hydrogen (secondary N) is 1. The van der Waals surface area contributed by atoms with Crippen LogP contribution in [0, 0.1) is 10.1 Å². The van der Waals surface area contributed by atoms with Gasteiger partial charge in [0.25, 0.3) is 5.69 Å². The fourth-order valence-corrected chi connectivity index (χ4v) is 2.91. The Kier molecular flexibility index (Phi) is 3.96. The summed E-state index contributed by atoms with van der Waals surface area (Å²) in [6.45, 7) is 2.02. The molecule has 3 rings (SSSR count). The van der Waals surface area contributed by atoms with Crippen LogP contribution in [-0.2, 0) is 6.42 Å². The lowest BCUT2D eigenvalue weighted by Crippen LogP contribution is -2.29. The number of benzene rings is 1. The molecule has 1 aromatic carbocycles. The zero-order valence-electron chi connectivity index (χ0n) is 11.7. The van der Waals surface area contributed by atoms with Gasteiger partial charge in [-0.1, -0.05) is 18.2 Å². The highest BCUT2D eigenvalue weighted by atomic mass is 16.6. The lowest BCUT2D eigenvalue weighted by Gasteiger charge is -2.25. The summed E-state index contributed by atoms with van der Waals surface area (Å²) in [5.41, 5.74) is 0.876. The average molecular weight is 286 g/mol. The van der Waals surface area contributed by atoms with Gasteiger partial charge in [-0.3, -0.25) is 10.1 Å². The lowest BCUT2D eigenvalue weighted by atomic mass is 10.1. The third-order valence-corrected chi connectivity index (χ3v) is 3.99. The van der Waals surface area contributed by atoms with Crippen LogP contribution in [0.3, 0.4) is 0 Å². The first kappa shape index (κ1) is 13.8. The maximum atomic E-state index is 11.1. The molecule has 0 aliphatic carbocycles. The third-order valence-electron chi connectivity index (χ3n) is 3.99. The number of hydrogen-bond donors (Lipinski definition) is 1. The molecule has 110 valence electrons. The van der Waals surface area contributed by atoms with Gasteiger partial charge in [0.2, 0.25) is 0 Å². The van der Waals surface area contributed by atoms with Crippen molar-refractivity contribution >= 4 is 5.69 Å². The van der Waals surface area contributed by atoms with Gasteiger partial charge in [-0.15, -0.1) is 0 Å². The molecular formula is C15H18N4O2. The minimum atomic E-state index is -0.326. The predicted octanol–water partition coefficient (Wildman–Crippen LogP) is 2.31. The van der Waals surface area contributed by atoms with Crippen molar-refractivity contribution in [1.82, 2.24) is 14.9 Å². The maximum Gasteiger partial charge on any atom is 0.273 e. The molecule has 1 fully saturated rings. The van der Waals surface area contributed by atoms with Gasteiger partial charge in [-0.2, -0.15) is 0 Å². The standard InChI is InChI=1S/C15H18N4O2/c20-19(21)14-4-2-1-3-12(14)11-15-17-9-10-18(15)13-5-7-16-8-6-13/h1-4,9-10,13,16H,5-8,11H2. The van der Waals surface area contributed by atoms with Crippen LogP contribution in [0.15, 0.2) is 36.7 Å². The SMILES string of the molecule is O=[N+]([O-])c1ccccc1Cc1nccn1C1CCNCC1. The summed E-state index contributed by atoms with van der Waals surface area (Å²) in [6, 6.07) is 7.32. The Morgan fingerprint density at radius 1 is 1.33 bits per heavy atom. The van der Waals surface area contributed by atoms with Crippen LogP contribution < -0.4 is 5.32 Å². The molecule has 1 saturated heterocycles. The molecule has 2 aromatic rings. The number of imidazole rings is 1. The molecule has 0 radical (unpaired) electrons. The third kappa shape index (κ3) is 2.95. The van der Waals surface area contributed by atoms with Crippen LogP contribution in [0.25, 0.3) is 0 Å². The van der Waals surface area contributed by atoms with Gasteiger partial charge >= 0.3 is 0 Å². The number of nitro groups is 1. The van der Waals surface area contributed by atoms with Crippen LogP contribution >= 0.6 is 0 Å². The fraction of sp³-hybridized carbons (Fsp3) is 0.400. The molecule has 1 aliphatic heterocycles. The summed E-state index contributed by atoms with van der Waals surface area (Å²) in [5, 5.41) is 14.5. The molecule has 1 aliphatic rings. The Bertz CT molecular complexity index is 632. The van der Waals surface area contributed by atoms with Gasteiger partial charge in [0.15, 0.2) is 0 Å². The van der Waals surface area contributed by atoms with Crippen molar-refractivity contribution in [3.63, 3.8) is 0 Å². The van der Waals surface area contributed by atoms with E-state index in [2.05, 4.69) is 14.9 Å². The van der Waals surface area contributed by atoms with E-state index in [0.717, 1.165) is 31.8 Å². The van der Waals surface area contributed by atoms with Crippen molar-refractivity contribution in [2.24, 2.45) is 0 Å². The molecule has 6 nitrogen and oxygen atoms in total. The zero-order valence-corrected chi connectivity index (χ0v) is 11.7. The van der Waals surface area contributed by atoms with E-state index in [9.17, 15) is 10.1 Å². The molecule has 0 amide bonds. The van der Waals surface area contributed by atoms with E-state index >= 15 is 0 Å². The first-order valence-corrected chi connectivity index (χ1v) is 7.20. The Labute approximate surface area is 123 Å². The molecule has 0 bridgehead atoms. The molecule has 21 heavy (non-hydrogen) atoms. The van der Waals surface area contributed by atoms with E-state index in [0.29, 0.717) is 18.0 Å². The molecule has 0 saturated carbocycles. The highest BCUT2D eigenvalue weighted by molar-refractivity contribution is 5.41. The van der Waals surface area contributed by atoms with Crippen molar-refractivity contribution in [3.05, 3.63) is 58.2 Å². The number of para-hydroxylation sites is 1. The summed E-state index contributed by atoms with van der Waals surface area (Å²) in [7, 11) is 0. The van der Waals surface area contributed by atoms with Crippen LogP contribution in [0.2, 0.25) is 0 Å². The van der Waals surface area contributed by atoms with E-state index < -0.39 is 0 Å². The van der Waals surface area contributed by atoms with Crippen LogP contribution in [0.4, 0.5) is 5.69 Å². The predicted molar refractivity (Wildman–Crippen MR) is 79.3 cm³/mol. The summed E-state index contributed by atoms with van der Waals surface area (Å²) < 4.78 is 2.18. The second-order valence-corrected chi connectivity index (χ2v) is 5.29. The molecule has 1 N–H and O–H groups in total. The summed E-state index contributed by atoms with van der Waals surface area (Å²) in [5.74, 6) is 0.899. The fourth-order valence-electron chi connectivity index (χ4n) is 2.91. The van der Waals surface area contributed by atoms with E-state index in [-0.39, 0.29) is 10.6 Å². The number of hydrogen-bond acceptors (Lipinski definition) is 4. The van der Waals surface area contributed by atoms with E-state index in [1.807, 2.05) is 12.3 Å². The van der Waals surface area contributed by atoms with E-state index in [1.165, 1.54) is 0 Å². The summed E-state index contributed by atoms with van der Waals surface area (Å²) in [4.78, 5) is 15.2. The quantitative estimate of drug-likeness (QED) is 0.691. The number of nitrogens with zero attached hydrogens (tertiary/aromatic N) is 3. The average Bonchev–Trinajstić information content (AvgIpc) is 2.96. The summed E-state index contributed by atoms with van der Waals surface area (Å²) >= 11 is 0. The smallest absolute Gasteiger partial charge is 0.273 e. The molecule has 6 heteroatoms. The maximum absolute atomic E-state index is 11.1.